The molecule has 0 bridgehead atoms. The second-order valence-electron chi connectivity index (χ2n) is 5.71. The lowest BCUT2D eigenvalue weighted by atomic mass is 9.96. The summed E-state index contributed by atoms with van der Waals surface area (Å²) in [7, 11) is 0. The fourth-order valence-electron chi connectivity index (χ4n) is 3.13. The molecule has 1 unspecified atom stereocenters. The van der Waals surface area contributed by atoms with Crippen molar-refractivity contribution in [2.75, 3.05) is 23.7 Å². The maximum atomic E-state index is 11.6. The molecule has 0 spiro atoms. The van der Waals surface area contributed by atoms with Gasteiger partial charge >= 0.3 is 0 Å². The van der Waals surface area contributed by atoms with Gasteiger partial charge < -0.3 is 16.4 Å². The molecule has 1 aliphatic rings. The van der Waals surface area contributed by atoms with Crippen LogP contribution >= 0.6 is 0 Å². The Balaban J connectivity index is 2.17. The summed E-state index contributed by atoms with van der Waals surface area (Å²) < 4.78 is 0. The van der Waals surface area contributed by atoms with Crippen molar-refractivity contribution in [1.29, 1.82) is 0 Å². The Bertz CT molecular complexity index is 473. The van der Waals surface area contributed by atoms with Gasteiger partial charge in [0.05, 0.1) is 5.56 Å². The minimum atomic E-state index is -0.401. The SMILES string of the molecule is CCCC1CCCN(c2ccc(N)cc2C(N)=O)CC1. The topological polar surface area (TPSA) is 72.3 Å². The van der Waals surface area contributed by atoms with E-state index in [9.17, 15) is 4.79 Å². The number of carbonyl (C=O) groups excluding carboxylic acids is 1. The summed E-state index contributed by atoms with van der Waals surface area (Å²) in [5, 5.41) is 0. The molecule has 1 aromatic rings. The average Bonchev–Trinajstić information content (AvgIpc) is 2.65. The zero-order chi connectivity index (χ0) is 14.5. The lowest BCUT2D eigenvalue weighted by Crippen LogP contribution is -2.27. The van der Waals surface area contributed by atoms with Crippen LogP contribution in [0.5, 0.6) is 0 Å². The molecular formula is C16H25N3O. The van der Waals surface area contributed by atoms with Crippen LogP contribution < -0.4 is 16.4 Å². The van der Waals surface area contributed by atoms with Gasteiger partial charge in [-0.25, -0.2) is 0 Å². The molecule has 2 rings (SSSR count). The van der Waals surface area contributed by atoms with Crippen molar-refractivity contribution in [2.45, 2.75) is 39.0 Å². The third kappa shape index (κ3) is 3.44. The molecule has 1 heterocycles. The van der Waals surface area contributed by atoms with Crippen LogP contribution in [0.2, 0.25) is 0 Å². The lowest BCUT2D eigenvalue weighted by Gasteiger charge is -2.25. The normalized spacial score (nSPS) is 19.6. The molecule has 1 aromatic carbocycles. The number of carbonyl (C=O) groups is 1. The highest BCUT2D eigenvalue weighted by Crippen LogP contribution is 2.28. The highest BCUT2D eigenvalue weighted by atomic mass is 16.1. The van der Waals surface area contributed by atoms with Crippen molar-refractivity contribution < 1.29 is 4.79 Å². The Morgan fingerprint density at radius 2 is 2.15 bits per heavy atom. The maximum absolute atomic E-state index is 11.6. The maximum Gasteiger partial charge on any atom is 0.250 e. The number of benzene rings is 1. The minimum absolute atomic E-state index is 0.401. The van der Waals surface area contributed by atoms with E-state index in [4.69, 9.17) is 11.5 Å². The van der Waals surface area contributed by atoms with Gasteiger partial charge in [-0.15, -0.1) is 0 Å². The van der Waals surface area contributed by atoms with Crippen LogP contribution in [0.3, 0.4) is 0 Å². The fraction of sp³-hybridized carbons (Fsp3) is 0.562. The van der Waals surface area contributed by atoms with Crippen LogP contribution in [0.25, 0.3) is 0 Å². The van der Waals surface area contributed by atoms with Crippen LogP contribution in [0.4, 0.5) is 11.4 Å². The van der Waals surface area contributed by atoms with Gasteiger partial charge in [-0.1, -0.05) is 19.8 Å². The van der Waals surface area contributed by atoms with E-state index in [0.717, 1.165) is 24.7 Å². The van der Waals surface area contributed by atoms with E-state index in [2.05, 4.69) is 11.8 Å². The molecule has 0 aromatic heterocycles. The van der Waals surface area contributed by atoms with E-state index in [1.165, 1.54) is 32.1 Å². The second-order valence-corrected chi connectivity index (χ2v) is 5.71. The van der Waals surface area contributed by atoms with E-state index in [0.29, 0.717) is 11.3 Å². The highest BCUT2D eigenvalue weighted by Gasteiger charge is 2.20. The zero-order valence-corrected chi connectivity index (χ0v) is 12.3. The number of primary amides is 1. The Kier molecular flexibility index (Phi) is 4.88. The quantitative estimate of drug-likeness (QED) is 0.830. The van der Waals surface area contributed by atoms with Crippen LogP contribution in [0.15, 0.2) is 18.2 Å². The van der Waals surface area contributed by atoms with E-state index in [1.54, 1.807) is 6.07 Å². The summed E-state index contributed by atoms with van der Waals surface area (Å²) in [6, 6.07) is 5.46. The predicted octanol–water partition coefficient (Wildman–Crippen LogP) is 2.77. The molecule has 4 heteroatoms. The molecule has 1 fully saturated rings. The molecule has 4 N–H and O–H groups in total. The number of amides is 1. The number of nitrogens with zero attached hydrogens (tertiary/aromatic N) is 1. The van der Waals surface area contributed by atoms with Crippen molar-refractivity contribution in [1.82, 2.24) is 0 Å². The Hall–Kier alpha value is -1.71. The van der Waals surface area contributed by atoms with E-state index in [-0.39, 0.29) is 0 Å². The summed E-state index contributed by atoms with van der Waals surface area (Å²) in [4.78, 5) is 13.9. The van der Waals surface area contributed by atoms with Crippen LogP contribution in [-0.4, -0.2) is 19.0 Å². The third-order valence-corrected chi connectivity index (χ3v) is 4.17. The molecule has 20 heavy (non-hydrogen) atoms. The van der Waals surface area contributed by atoms with E-state index in [1.807, 2.05) is 12.1 Å². The summed E-state index contributed by atoms with van der Waals surface area (Å²) >= 11 is 0. The smallest absolute Gasteiger partial charge is 0.250 e. The first-order valence-corrected chi connectivity index (χ1v) is 7.56. The summed E-state index contributed by atoms with van der Waals surface area (Å²) in [5.74, 6) is 0.414. The summed E-state index contributed by atoms with van der Waals surface area (Å²) in [5.41, 5.74) is 13.3. The molecule has 0 aliphatic carbocycles. The number of nitrogen functional groups attached to an aromatic ring is 1. The van der Waals surface area contributed by atoms with Crippen molar-refractivity contribution in [3.05, 3.63) is 23.8 Å². The first-order chi connectivity index (χ1) is 9.61. The minimum Gasteiger partial charge on any atom is -0.399 e. The van der Waals surface area contributed by atoms with Gasteiger partial charge in [0.25, 0.3) is 5.91 Å². The fourth-order valence-corrected chi connectivity index (χ4v) is 3.13. The average molecular weight is 275 g/mol. The summed E-state index contributed by atoms with van der Waals surface area (Å²) in [6.07, 6.45) is 6.20. The van der Waals surface area contributed by atoms with Gasteiger partial charge in [-0.05, 0) is 43.4 Å². The molecule has 1 amide bonds. The zero-order valence-electron chi connectivity index (χ0n) is 12.3. The standard InChI is InChI=1S/C16H25N3O/c1-2-4-12-5-3-9-19(10-8-12)15-7-6-13(17)11-14(15)16(18)20/h6-7,11-12H,2-5,8-10,17H2,1H3,(H2,18,20). The van der Waals surface area contributed by atoms with Gasteiger partial charge in [0, 0.05) is 24.5 Å². The molecule has 4 nitrogen and oxygen atoms in total. The number of nitrogens with two attached hydrogens (primary N) is 2. The molecular weight excluding hydrogens is 250 g/mol. The van der Waals surface area contributed by atoms with Crippen LogP contribution in [0, 0.1) is 5.92 Å². The Morgan fingerprint density at radius 3 is 2.85 bits per heavy atom. The predicted molar refractivity (Wildman–Crippen MR) is 83.8 cm³/mol. The Morgan fingerprint density at radius 1 is 1.35 bits per heavy atom. The van der Waals surface area contributed by atoms with Crippen molar-refractivity contribution in [3.63, 3.8) is 0 Å². The molecule has 0 radical (unpaired) electrons. The molecule has 1 saturated heterocycles. The van der Waals surface area contributed by atoms with Crippen LogP contribution in [-0.2, 0) is 0 Å². The van der Waals surface area contributed by atoms with Crippen LogP contribution in [0.1, 0.15) is 49.4 Å². The first-order valence-electron chi connectivity index (χ1n) is 7.56. The monoisotopic (exact) mass is 275 g/mol. The molecule has 1 aliphatic heterocycles. The first kappa shape index (κ1) is 14.7. The number of hydrogen-bond donors (Lipinski definition) is 2. The van der Waals surface area contributed by atoms with Gasteiger partial charge in [-0.3, -0.25) is 4.79 Å². The number of hydrogen-bond acceptors (Lipinski definition) is 3. The van der Waals surface area contributed by atoms with Gasteiger partial charge in [0.2, 0.25) is 0 Å². The highest BCUT2D eigenvalue weighted by molar-refractivity contribution is 5.99. The molecule has 1 atom stereocenters. The Labute approximate surface area is 121 Å². The molecule has 110 valence electrons. The second kappa shape index (κ2) is 6.64. The summed E-state index contributed by atoms with van der Waals surface area (Å²) in [6.45, 7) is 4.23. The largest absolute Gasteiger partial charge is 0.399 e. The lowest BCUT2D eigenvalue weighted by molar-refractivity contribution is 0.100. The van der Waals surface area contributed by atoms with Gasteiger partial charge in [0.15, 0.2) is 0 Å². The van der Waals surface area contributed by atoms with Crippen molar-refractivity contribution in [3.8, 4) is 0 Å². The van der Waals surface area contributed by atoms with E-state index < -0.39 is 5.91 Å². The van der Waals surface area contributed by atoms with Gasteiger partial charge in [0.1, 0.15) is 0 Å². The number of rotatable bonds is 4. The number of anilines is 2. The van der Waals surface area contributed by atoms with Gasteiger partial charge in [-0.2, -0.15) is 0 Å². The van der Waals surface area contributed by atoms with E-state index >= 15 is 0 Å². The third-order valence-electron chi connectivity index (χ3n) is 4.17. The van der Waals surface area contributed by atoms with Crippen molar-refractivity contribution in [2.24, 2.45) is 11.7 Å². The van der Waals surface area contributed by atoms with Crippen molar-refractivity contribution >= 4 is 17.3 Å². The molecule has 0 saturated carbocycles.